The van der Waals surface area contributed by atoms with Gasteiger partial charge >= 0.3 is 6.01 Å². The van der Waals surface area contributed by atoms with Crippen molar-refractivity contribution >= 4 is 43.1 Å². The van der Waals surface area contributed by atoms with Crippen molar-refractivity contribution in [2.45, 2.75) is 55.6 Å². The Morgan fingerprint density at radius 3 is 2.68 bits per heavy atom. The van der Waals surface area contributed by atoms with Gasteiger partial charge in [0.15, 0.2) is 5.82 Å². The number of hydrogen-bond acceptors (Lipinski definition) is 9. The third-order valence-corrected chi connectivity index (χ3v) is 11.4. The summed E-state index contributed by atoms with van der Waals surface area (Å²) in [6, 6.07) is 5.11. The van der Waals surface area contributed by atoms with Crippen molar-refractivity contribution in [3.63, 3.8) is 0 Å². The number of anilines is 2. The van der Waals surface area contributed by atoms with Gasteiger partial charge in [0, 0.05) is 36.0 Å². The average molecular weight is 668 g/mol. The fourth-order valence-electron chi connectivity index (χ4n) is 8.33. The Morgan fingerprint density at radius 2 is 1.94 bits per heavy atom. The molecule has 244 valence electrons. The summed E-state index contributed by atoms with van der Waals surface area (Å²) in [4.78, 5) is 13.3. The highest BCUT2D eigenvalue weighted by atomic mass is 32.1. The molecule has 4 aliphatic heterocycles. The molecule has 2 bridgehead atoms. The van der Waals surface area contributed by atoms with E-state index in [4.69, 9.17) is 10.5 Å². The molecule has 2 aromatic carbocycles. The lowest BCUT2D eigenvalue weighted by Gasteiger charge is -2.40. The number of fused-ring (bicyclic) bond motifs is 5. The van der Waals surface area contributed by atoms with Crippen LogP contribution in [0.15, 0.2) is 30.4 Å². The average Bonchev–Trinajstić information content (AvgIpc) is 3.77. The summed E-state index contributed by atoms with van der Waals surface area (Å²) in [6.07, 6.45) is 4.18. The highest BCUT2D eigenvalue weighted by Crippen LogP contribution is 2.45. The molecule has 0 saturated carbocycles. The number of nitriles is 1. The lowest BCUT2D eigenvalue weighted by atomic mass is 9.95. The lowest BCUT2D eigenvalue weighted by Crippen LogP contribution is -2.59. The molecule has 47 heavy (non-hydrogen) atoms. The van der Waals surface area contributed by atoms with E-state index in [1.807, 2.05) is 6.07 Å². The van der Waals surface area contributed by atoms with Crippen LogP contribution in [0.4, 0.5) is 32.8 Å². The van der Waals surface area contributed by atoms with Crippen molar-refractivity contribution in [1.29, 1.82) is 5.26 Å². The van der Waals surface area contributed by atoms with Crippen LogP contribution in [0.25, 0.3) is 32.1 Å². The van der Waals surface area contributed by atoms with Crippen LogP contribution in [0.1, 0.15) is 44.1 Å². The Bertz CT molecular complexity index is 2010. The molecule has 6 heterocycles. The molecular formula is C33H30F5N7OS. The SMILES string of the molecule is N#Cc1c(N)sc2c(F)ccc(-c3c(F)cc4c(N5C[C@H]6CC[C@@](C=C(F)F)(C5)N6)nc(OCC56CCCN5CCC6)nc4c3F)c12. The summed E-state index contributed by atoms with van der Waals surface area (Å²) in [5.74, 6) is -2.52. The first-order valence-electron chi connectivity index (χ1n) is 15.7. The number of nitrogens with one attached hydrogen (secondary N) is 1. The smallest absolute Gasteiger partial charge is 0.319 e. The molecule has 0 amide bonds. The Morgan fingerprint density at radius 1 is 1.15 bits per heavy atom. The molecule has 14 heteroatoms. The van der Waals surface area contributed by atoms with E-state index in [0.717, 1.165) is 68.3 Å². The van der Waals surface area contributed by atoms with Crippen LogP contribution < -0.4 is 20.7 Å². The van der Waals surface area contributed by atoms with Crippen LogP contribution in [0.2, 0.25) is 0 Å². The van der Waals surface area contributed by atoms with E-state index in [1.54, 1.807) is 4.90 Å². The minimum absolute atomic E-state index is 0.00882. The van der Waals surface area contributed by atoms with Crippen LogP contribution in [-0.2, 0) is 0 Å². The van der Waals surface area contributed by atoms with Crippen LogP contribution in [0, 0.1) is 28.8 Å². The van der Waals surface area contributed by atoms with E-state index < -0.39 is 34.6 Å². The molecule has 4 aliphatic rings. The number of nitrogens with zero attached hydrogens (tertiary/aromatic N) is 5. The fraction of sp³-hybridized carbons (Fsp3) is 0.424. The Labute approximate surface area is 270 Å². The van der Waals surface area contributed by atoms with Gasteiger partial charge in [0.05, 0.1) is 26.9 Å². The molecule has 3 N–H and O–H groups in total. The number of thiophene rings is 1. The minimum Gasteiger partial charge on any atom is -0.461 e. The topological polar surface area (TPSA) is 103 Å². The molecule has 2 aromatic heterocycles. The van der Waals surface area contributed by atoms with Crippen LogP contribution in [0.5, 0.6) is 6.01 Å². The number of aromatic nitrogens is 2. The van der Waals surface area contributed by atoms with Gasteiger partial charge in [-0.1, -0.05) is 6.07 Å². The molecule has 0 unspecified atom stereocenters. The molecule has 8 rings (SSSR count). The number of nitrogen functional groups attached to an aromatic ring is 1. The van der Waals surface area contributed by atoms with Crippen molar-refractivity contribution in [2.75, 3.05) is 43.4 Å². The zero-order valence-corrected chi connectivity index (χ0v) is 26.0. The van der Waals surface area contributed by atoms with Gasteiger partial charge in [-0.3, -0.25) is 4.90 Å². The van der Waals surface area contributed by atoms with Gasteiger partial charge in [0.1, 0.15) is 40.6 Å². The monoisotopic (exact) mass is 667 g/mol. The van der Waals surface area contributed by atoms with Crippen LogP contribution >= 0.6 is 11.3 Å². The summed E-state index contributed by atoms with van der Waals surface area (Å²) in [5.41, 5.74) is 3.95. The molecule has 4 aromatic rings. The van der Waals surface area contributed by atoms with Gasteiger partial charge in [-0.15, -0.1) is 11.3 Å². The third-order valence-electron chi connectivity index (χ3n) is 10.4. The summed E-state index contributed by atoms with van der Waals surface area (Å²) in [5, 5.41) is 13.2. The van der Waals surface area contributed by atoms with Gasteiger partial charge < -0.3 is 20.7 Å². The van der Waals surface area contributed by atoms with Crippen molar-refractivity contribution < 1.29 is 26.7 Å². The summed E-state index contributed by atoms with van der Waals surface area (Å²) in [6.45, 7) is 2.69. The number of nitrogens with two attached hydrogens (primary N) is 1. The molecule has 0 radical (unpaired) electrons. The second kappa shape index (κ2) is 11.0. The lowest BCUT2D eigenvalue weighted by molar-refractivity contribution is 0.108. The molecular weight excluding hydrogens is 637 g/mol. The maximum Gasteiger partial charge on any atom is 0.319 e. The Kier molecular flexibility index (Phi) is 7.09. The van der Waals surface area contributed by atoms with E-state index in [-0.39, 0.29) is 73.7 Å². The molecule has 8 nitrogen and oxygen atoms in total. The van der Waals surface area contributed by atoms with E-state index in [2.05, 4.69) is 20.2 Å². The highest BCUT2D eigenvalue weighted by molar-refractivity contribution is 7.23. The number of rotatable bonds is 6. The summed E-state index contributed by atoms with van der Waals surface area (Å²) >= 11 is 0.828. The quantitative estimate of drug-likeness (QED) is 0.225. The number of ether oxygens (including phenoxy) is 1. The van der Waals surface area contributed by atoms with Crippen LogP contribution in [0.3, 0.4) is 0 Å². The van der Waals surface area contributed by atoms with Crippen LogP contribution in [-0.4, -0.2) is 64.8 Å². The number of halogens is 5. The van der Waals surface area contributed by atoms with E-state index in [0.29, 0.717) is 19.4 Å². The Hall–Kier alpha value is -4.06. The normalized spacial score (nSPS) is 23.4. The number of hydrogen-bond donors (Lipinski definition) is 2. The van der Waals surface area contributed by atoms with E-state index >= 15 is 8.78 Å². The van der Waals surface area contributed by atoms with Crippen molar-refractivity contribution in [1.82, 2.24) is 20.2 Å². The minimum atomic E-state index is -1.81. The molecule has 0 aliphatic carbocycles. The van der Waals surface area contributed by atoms with Gasteiger partial charge in [-0.05, 0) is 69.3 Å². The summed E-state index contributed by atoms with van der Waals surface area (Å²) in [7, 11) is 0. The van der Waals surface area contributed by atoms with Gasteiger partial charge in [-0.2, -0.15) is 24.0 Å². The van der Waals surface area contributed by atoms with Crippen molar-refractivity contribution in [2.24, 2.45) is 0 Å². The molecule has 0 spiro atoms. The van der Waals surface area contributed by atoms with Crippen molar-refractivity contribution in [3.8, 4) is 23.2 Å². The predicted octanol–water partition coefficient (Wildman–Crippen LogP) is 6.48. The molecule has 4 fully saturated rings. The maximum absolute atomic E-state index is 16.8. The largest absolute Gasteiger partial charge is 0.461 e. The first-order chi connectivity index (χ1) is 22.6. The van der Waals surface area contributed by atoms with E-state index in [1.165, 1.54) is 6.07 Å². The van der Waals surface area contributed by atoms with E-state index in [9.17, 15) is 18.4 Å². The van der Waals surface area contributed by atoms with Crippen molar-refractivity contribution in [3.05, 3.63) is 53.4 Å². The first-order valence-corrected chi connectivity index (χ1v) is 16.5. The highest BCUT2D eigenvalue weighted by Gasteiger charge is 2.46. The third kappa shape index (κ3) is 4.81. The molecule has 2 atom stereocenters. The zero-order valence-electron chi connectivity index (χ0n) is 25.2. The number of piperazine rings is 1. The second-order valence-corrected chi connectivity index (χ2v) is 14.1. The zero-order chi connectivity index (χ0) is 32.7. The second-order valence-electron chi connectivity index (χ2n) is 13.1. The van der Waals surface area contributed by atoms with Gasteiger partial charge in [0.2, 0.25) is 0 Å². The van der Waals surface area contributed by atoms with Gasteiger partial charge in [-0.25, -0.2) is 13.2 Å². The predicted molar refractivity (Wildman–Crippen MR) is 169 cm³/mol. The standard InChI is InChI=1S/C33H30F5N7OS/c34-21-4-3-18(24-20(13-39)29(40)47-28(21)24)25-22(35)11-19-27(26(25)38)41-31(46-16-33-6-1-9-45(33)10-2-7-33)42-30(19)44-14-17-5-8-32(15-44,43-17)12-23(36)37/h3-4,11-12,17,43H,1-2,5-10,14-16,40H2/t17-,32-/m1/s1. The Balaban J connectivity index is 1.30. The molecule has 4 saturated heterocycles. The first kappa shape index (κ1) is 30.3. The fourth-order valence-corrected chi connectivity index (χ4v) is 9.28. The summed E-state index contributed by atoms with van der Waals surface area (Å²) < 4.78 is 81.3. The van der Waals surface area contributed by atoms with Gasteiger partial charge in [0.25, 0.3) is 6.08 Å². The maximum atomic E-state index is 16.8. The number of benzene rings is 2.